The van der Waals surface area contributed by atoms with Gasteiger partial charge in [-0.25, -0.2) is 4.98 Å². The summed E-state index contributed by atoms with van der Waals surface area (Å²) in [5, 5.41) is 6.60. The summed E-state index contributed by atoms with van der Waals surface area (Å²) in [6, 6.07) is 6.70. The maximum Gasteiger partial charge on any atom is 0.135 e. The van der Waals surface area contributed by atoms with Gasteiger partial charge in [-0.15, -0.1) is 22.7 Å². The Balaban J connectivity index is 1.71. The Hall–Kier alpha value is -1.56. The highest BCUT2D eigenvalue weighted by Gasteiger charge is 2.12. The number of hydrogen-bond donors (Lipinski definition) is 1. The summed E-state index contributed by atoms with van der Waals surface area (Å²) < 4.78 is 0. The molecule has 0 fully saturated rings. The molecule has 3 aromatic rings. The second-order valence-electron chi connectivity index (χ2n) is 4.81. The van der Waals surface area contributed by atoms with E-state index in [0.717, 1.165) is 35.1 Å². The van der Waals surface area contributed by atoms with Crippen LogP contribution in [0.25, 0.3) is 21.1 Å². The lowest BCUT2D eigenvalue weighted by atomic mass is 9.98. The molecule has 0 saturated heterocycles. The van der Waals surface area contributed by atoms with E-state index in [2.05, 4.69) is 33.9 Å². The number of fused-ring (bicyclic) bond motifs is 1. The van der Waals surface area contributed by atoms with Crippen LogP contribution in [0.5, 0.6) is 0 Å². The van der Waals surface area contributed by atoms with Gasteiger partial charge in [-0.1, -0.05) is 12.1 Å². The number of hydrogen-bond acceptors (Lipinski definition) is 5. The molecule has 0 spiro atoms. The maximum absolute atomic E-state index is 4.75. The third kappa shape index (κ3) is 2.18. The molecule has 0 saturated carbocycles. The van der Waals surface area contributed by atoms with E-state index in [1.807, 2.05) is 11.7 Å². The van der Waals surface area contributed by atoms with E-state index in [4.69, 9.17) is 4.98 Å². The Kier molecular flexibility index (Phi) is 3.10. The zero-order chi connectivity index (χ0) is 13.4. The van der Waals surface area contributed by atoms with Crippen molar-refractivity contribution in [2.45, 2.75) is 13.0 Å². The van der Waals surface area contributed by atoms with Crippen LogP contribution >= 0.6 is 22.7 Å². The third-order valence-electron chi connectivity index (χ3n) is 3.54. The predicted molar refractivity (Wildman–Crippen MR) is 84.1 cm³/mol. The van der Waals surface area contributed by atoms with E-state index >= 15 is 0 Å². The average molecular weight is 299 g/mol. The van der Waals surface area contributed by atoms with Crippen LogP contribution < -0.4 is 5.32 Å². The molecule has 2 aromatic heterocycles. The van der Waals surface area contributed by atoms with Crippen molar-refractivity contribution in [3.8, 4) is 21.1 Å². The molecular weight excluding hydrogens is 286 g/mol. The van der Waals surface area contributed by atoms with Gasteiger partial charge in [0.1, 0.15) is 5.01 Å². The highest BCUT2D eigenvalue weighted by molar-refractivity contribution is 7.20. The number of benzene rings is 1. The number of nitrogens with zero attached hydrogens (tertiary/aromatic N) is 2. The molecule has 0 radical (unpaired) electrons. The van der Waals surface area contributed by atoms with Crippen molar-refractivity contribution in [3.05, 3.63) is 46.4 Å². The molecule has 0 atom stereocenters. The standard InChI is InChI=1S/C15H13N3S2/c1-2-12-6-16-4-3-10(12)5-11(1)13-8-19-15(18-13)14-7-17-9-20-14/h1-2,5,7-9,16H,3-4,6H2. The molecule has 1 aliphatic heterocycles. The minimum Gasteiger partial charge on any atom is -0.312 e. The summed E-state index contributed by atoms with van der Waals surface area (Å²) in [6.45, 7) is 2.05. The molecule has 1 N–H and O–H groups in total. The van der Waals surface area contributed by atoms with Crippen LogP contribution in [0.1, 0.15) is 11.1 Å². The molecule has 20 heavy (non-hydrogen) atoms. The van der Waals surface area contributed by atoms with Crippen LogP contribution in [0, 0.1) is 0 Å². The first kappa shape index (κ1) is 12.2. The van der Waals surface area contributed by atoms with Crippen LogP contribution in [0.4, 0.5) is 0 Å². The molecular formula is C15H13N3S2. The van der Waals surface area contributed by atoms with Gasteiger partial charge >= 0.3 is 0 Å². The number of thiazole rings is 2. The highest BCUT2D eigenvalue weighted by Crippen LogP contribution is 2.31. The summed E-state index contributed by atoms with van der Waals surface area (Å²) in [4.78, 5) is 10.0. The summed E-state index contributed by atoms with van der Waals surface area (Å²) in [6.07, 6.45) is 2.99. The fraction of sp³-hybridized carbons (Fsp3) is 0.200. The summed E-state index contributed by atoms with van der Waals surface area (Å²) in [5.41, 5.74) is 7.01. The van der Waals surface area contributed by atoms with Gasteiger partial charge in [0.2, 0.25) is 0 Å². The van der Waals surface area contributed by atoms with Gasteiger partial charge < -0.3 is 5.32 Å². The first-order valence-electron chi connectivity index (χ1n) is 6.57. The minimum atomic E-state index is 0.985. The van der Waals surface area contributed by atoms with Gasteiger partial charge in [-0.05, 0) is 30.2 Å². The van der Waals surface area contributed by atoms with Gasteiger partial charge in [-0.2, -0.15) is 0 Å². The number of nitrogens with one attached hydrogen (secondary N) is 1. The van der Waals surface area contributed by atoms with Crippen LogP contribution in [-0.2, 0) is 13.0 Å². The normalized spacial score (nSPS) is 14.2. The molecule has 100 valence electrons. The molecule has 3 nitrogen and oxygen atoms in total. The summed E-state index contributed by atoms with van der Waals surface area (Å²) in [7, 11) is 0. The Morgan fingerprint density at radius 2 is 2.15 bits per heavy atom. The van der Waals surface area contributed by atoms with Crippen LogP contribution in [0.15, 0.2) is 35.3 Å². The lowest BCUT2D eigenvalue weighted by molar-refractivity contribution is 0.644. The molecule has 0 amide bonds. The average Bonchev–Trinajstić information content (AvgIpc) is 3.17. The molecule has 3 heterocycles. The Morgan fingerprint density at radius 3 is 3.05 bits per heavy atom. The fourth-order valence-electron chi connectivity index (χ4n) is 2.48. The Morgan fingerprint density at radius 1 is 1.15 bits per heavy atom. The van der Waals surface area contributed by atoms with Gasteiger partial charge in [0.15, 0.2) is 0 Å². The maximum atomic E-state index is 4.75. The molecule has 4 rings (SSSR count). The SMILES string of the molecule is c1ncc(-c2nc(-c3ccc4c(c3)CCNC4)cs2)s1. The van der Waals surface area contributed by atoms with Crippen molar-refractivity contribution < 1.29 is 0 Å². The lowest BCUT2D eigenvalue weighted by Gasteiger charge is -2.17. The first-order valence-corrected chi connectivity index (χ1v) is 8.33. The molecule has 1 aliphatic rings. The predicted octanol–water partition coefficient (Wildman–Crippen LogP) is 3.58. The zero-order valence-corrected chi connectivity index (χ0v) is 12.4. The fourth-order valence-corrected chi connectivity index (χ4v) is 4.00. The van der Waals surface area contributed by atoms with E-state index in [1.165, 1.54) is 16.7 Å². The second-order valence-corrected chi connectivity index (χ2v) is 6.56. The Labute approximate surface area is 125 Å². The van der Waals surface area contributed by atoms with Crippen molar-refractivity contribution in [3.63, 3.8) is 0 Å². The largest absolute Gasteiger partial charge is 0.312 e. The van der Waals surface area contributed by atoms with Crippen molar-refractivity contribution in [2.24, 2.45) is 0 Å². The van der Waals surface area contributed by atoms with E-state index in [1.54, 1.807) is 22.7 Å². The summed E-state index contributed by atoms with van der Waals surface area (Å²) in [5.74, 6) is 0. The topological polar surface area (TPSA) is 37.8 Å². The quantitative estimate of drug-likeness (QED) is 0.786. The van der Waals surface area contributed by atoms with Crippen LogP contribution in [-0.4, -0.2) is 16.5 Å². The van der Waals surface area contributed by atoms with Gasteiger partial charge in [0.25, 0.3) is 0 Å². The van der Waals surface area contributed by atoms with Crippen molar-refractivity contribution in [1.29, 1.82) is 0 Å². The molecule has 0 bridgehead atoms. The first-order chi connectivity index (χ1) is 9.90. The second kappa shape index (κ2) is 5.09. The van der Waals surface area contributed by atoms with Gasteiger partial charge in [0.05, 0.1) is 16.1 Å². The molecule has 1 aromatic carbocycles. The molecule has 0 aliphatic carbocycles. The third-order valence-corrected chi connectivity index (χ3v) is 5.32. The van der Waals surface area contributed by atoms with Crippen molar-refractivity contribution in [1.82, 2.24) is 15.3 Å². The van der Waals surface area contributed by atoms with Crippen molar-refractivity contribution in [2.75, 3.05) is 6.54 Å². The van der Waals surface area contributed by atoms with Crippen LogP contribution in [0.2, 0.25) is 0 Å². The summed E-state index contributed by atoms with van der Waals surface area (Å²) >= 11 is 3.32. The highest BCUT2D eigenvalue weighted by atomic mass is 32.1. The minimum absolute atomic E-state index is 0.985. The van der Waals surface area contributed by atoms with E-state index in [9.17, 15) is 0 Å². The van der Waals surface area contributed by atoms with Crippen LogP contribution in [0.3, 0.4) is 0 Å². The van der Waals surface area contributed by atoms with Gasteiger partial charge in [0, 0.05) is 23.7 Å². The molecule has 5 heteroatoms. The van der Waals surface area contributed by atoms with E-state index in [0.29, 0.717) is 0 Å². The lowest BCUT2D eigenvalue weighted by Crippen LogP contribution is -2.23. The van der Waals surface area contributed by atoms with Crippen molar-refractivity contribution >= 4 is 22.7 Å². The smallest absolute Gasteiger partial charge is 0.135 e. The zero-order valence-electron chi connectivity index (χ0n) is 10.8. The number of aromatic nitrogens is 2. The molecule has 0 unspecified atom stereocenters. The monoisotopic (exact) mass is 299 g/mol. The Bertz CT molecular complexity index is 731. The van der Waals surface area contributed by atoms with E-state index in [-0.39, 0.29) is 0 Å². The van der Waals surface area contributed by atoms with Gasteiger partial charge in [-0.3, -0.25) is 4.98 Å². The number of rotatable bonds is 2. The van der Waals surface area contributed by atoms with E-state index < -0.39 is 0 Å².